The van der Waals surface area contributed by atoms with Crippen molar-refractivity contribution in [3.05, 3.63) is 60.2 Å². The van der Waals surface area contributed by atoms with E-state index in [-0.39, 0.29) is 12.4 Å². The molecule has 0 spiro atoms. The Balaban J connectivity index is 0.00000156. The summed E-state index contributed by atoms with van der Waals surface area (Å²) in [5.41, 5.74) is 3.83. The Labute approximate surface area is 143 Å². The molecule has 1 N–H and O–H groups in total. The minimum absolute atomic E-state index is 0. The van der Waals surface area contributed by atoms with E-state index < -0.39 is 0 Å². The number of anilines is 2. The number of halogens is 1. The Morgan fingerprint density at radius 3 is 2.52 bits per heavy atom. The highest BCUT2D eigenvalue weighted by atomic mass is 35.5. The molecule has 0 amide bonds. The first kappa shape index (κ1) is 15.3. The van der Waals surface area contributed by atoms with Gasteiger partial charge in [-0.15, -0.1) is 17.5 Å². The number of benzene rings is 2. The first-order valence-corrected chi connectivity index (χ1v) is 7.58. The molecular formula is C16H12ClN5S. The van der Waals surface area contributed by atoms with Crippen molar-refractivity contribution in [3.8, 4) is 11.3 Å². The normalized spacial score (nSPS) is 10.3. The van der Waals surface area contributed by atoms with Gasteiger partial charge >= 0.3 is 0 Å². The zero-order valence-corrected chi connectivity index (χ0v) is 13.5. The predicted molar refractivity (Wildman–Crippen MR) is 95.4 cm³/mol. The van der Waals surface area contributed by atoms with Gasteiger partial charge in [0.15, 0.2) is 0 Å². The van der Waals surface area contributed by atoms with E-state index in [4.69, 9.17) is 0 Å². The predicted octanol–water partition coefficient (Wildman–Crippen LogP) is 4.31. The molecule has 0 fully saturated rings. The molecule has 2 aromatic carbocycles. The van der Waals surface area contributed by atoms with E-state index in [1.165, 1.54) is 11.5 Å². The minimum atomic E-state index is 0. The van der Waals surface area contributed by atoms with Gasteiger partial charge < -0.3 is 5.32 Å². The lowest BCUT2D eigenvalue weighted by Gasteiger charge is -2.08. The number of nitrogens with one attached hydrogen (secondary N) is 1. The molecule has 2 heterocycles. The molecule has 5 nitrogen and oxygen atoms in total. The molecule has 0 radical (unpaired) electrons. The maximum Gasteiger partial charge on any atom is 0.141 e. The first-order chi connectivity index (χ1) is 10.9. The Kier molecular flexibility index (Phi) is 4.45. The molecule has 23 heavy (non-hydrogen) atoms. The van der Waals surface area contributed by atoms with Crippen LogP contribution in [0.1, 0.15) is 0 Å². The maximum absolute atomic E-state index is 4.33. The van der Waals surface area contributed by atoms with Crippen molar-refractivity contribution in [1.82, 2.24) is 19.6 Å². The fourth-order valence-corrected chi connectivity index (χ4v) is 2.72. The lowest BCUT2D eigenvalue weighted by Crippen LogP contribution is -1.95. The van der Waals surface area contributed by atoms with Gasteiger partial charge in [0.1, 0.15) is 17.8 Å². The molecule has 4 rings (SSSR count). The van der Waals surface area contributed by atoms with Gasteiger partial charge in [-0.2, -0.15) is 0 Å². The molecular weight excluding hydrogens is 330 g/mol. The summed E-state index contributed by atoms with van der Waals surface area (Å²) in [6.45, 7) is 0. The molecule has 7 heteroatoms. The molecule has 0 bridgehead atoms. The van der Waals surface area contributed by atoms with Gasteiger partial charge in [0, 0.05) is 22.0 Å². The Bertz CT molecular complexity index is 904. The third kappa shape index (κ3) is 3.13. The number of para-hydroxylation sites is 1. The highest BCUT2D eigenvalue weighted by Gasteiger charge is 2.04. The quantitative estimate of drug-likeness (QED) is 0.601. The first-order valence-electron chi connectivity index (χ1n) is 6.74. The summed E-state index contributed by atoms with van der Waals surface area (Å²) in [5.74, 6) is 0.800. The largest absolute Gasteiger partial charge is 0.340 e. The Morgan fingerprint density at radius 2 is 1.74 bits per heavy atom. The standard InChI is InChI=1S/C16H11N5S.ClH/c1-2-4-14-13(3-1)16(18-10-17-14)19-12-7-5-11(6-8-12)15-9-22-21-20-15;/h1-10H,(H,17,18,19);1H. The Morgan fingerprint density at radius 1 is 0.913 bits per heavy atom. The SMILES string of the molecule is Cl.c1ccc2c(Nc3ccc(-c4csnn4)cc3)ncnc2c1. The van der Waals surface area contributed by atoms with Crippen LogP contribution in [-0.2, 0) is 0 Å². The maximum atomic E-state index is 4.33. The number of hydrogen-bond acceptors (Lipinski definition) is 6. The lowest BCUT2D eigenvalue weighted by atomic mass is 10.1. The number of nitrogens with zero attached hydrogens (tertiary/aromatic N) is 4. The second-order valence-electron chi connectivity index (χ2n) is 4.73. The number of hydrogen-bond donors (Lipinski definition) is 1. The van der Waals surface area contributed by atoms with Crippen molar-refractivity contribution in [3.63, 3.8) is 0 Å². The van der Waals surface area contributed by atoms with Gasteiger partial charge in [-0.25, -0.2) is 9.97 Å². The van der Waals surface area contributed by atoms with E-state index in [0.717, 1.165) is 33.7 Å². The van der Waals surface area contributed by atoms with Crippen LogP contribution in [-0.4, -0.2) is 19.6 Å². The summed E-state index contributed by atoms with van der Waals surface area (Å²) in [4.78, 5) is 8.60. The molecule has 114 valence electrons. The smallest absolute Gasteiger partial charge is 0.141 e. The number of aromatic nitrogens is 4. The second-order valence-corrected chi connectivity index (χ2v) is 5.34. The van der Waals surface area contributed by atoms with Crippen LogP contribution in [0.4, 0.5) is 11.5 Å². The van der Waals surface area contributed by atoms with Crippen LogP contribution in [0.2, 0.25) is 0 Å². The molecule has 4 aromatic rings. The van der Waals surface area contributed by atoms with Crippen LogP contribution >= 0.6 is 23.9 Å². The highest BCUT2D eigenvalue weighted by molar-refractivity contribution is 7.03. The van der Waals surface area contributed by atoms with Gasteiger partial charge in [-0.05, 0) is 35.8 Å². The summed E-state index contributed by atoms with van der Waals surface area (Å²) in [6, 6.07) is 16.0. The van der Waals surface area contributed by atoms with Crippen LogP contribution in [0.5, 0.6) is 0 Å². The van der Waals surface area contributed by atoms with Crippen molar-refractivity contribution >= 4 is 46.3 Å². The van der Waals surface area contributed by atoms with E-state index in [9.17, 15) is 0 Å². The molecule has 0 unspecified atom stereocenters. The molecule has 0 aliphatic rings. The fourth-order valence-electron chi connectivity index (χ4n) is 2.26. The third-order valence-electron chi connectivity index (χ3n) is 3.35. The van der Waals surface area contributed by atoms with Gasteiger partial charge in [0.25, 0.3) is 0 Å². The molecule has 0 saturated heterocycles. The number of rotatable bonds is 3. The monoisotopic (exact) mass is 341 g/mol. The van der Waals surface area contributed by atoms with E-state index in [0.29, 0.717) is 0 Å². The van der Waals surface area contributed by atoms with Crippen LogP contribution in [0.15, 0.2) is 60.2 Å². The lowest BCUT2D eigenvalue weighted by molar-refractivity contribution is 1.16. The van der Waals surface area contributed by atoms with Crippen molar-refractivity contribution in [1.29, 1.82) is 0 Å². The average Bonchev–Trinajstić information content (AvgIpc) is 3.10. The molecule has 0 atom stereocenters. The van der Waals surface area contributed by atoms with Crippen LogP contribution in [0.25, 0.3) is 22.2 Å². The zero-order chi connectivity index (χ0) is 14.8. The van der Waals surface area contributed by atoms with Crippen molar-refractivity contribution in [2.75, 3.05) is 5.32 Å². The average molecular weight is 342 g/mol. The Hall–Kier alpha value is -2.57. The van der Waals surface area contributed by atoms with E-state index in [1.807, 2.05) is 53.9 Å². The third-order valence-corrected chi connectivity index (χ3v) is 3.85. The van der Waals surface area contributed by atoms with Crippen LogP contribution < -0.4 is 5.32 Å². The van der Waals surface area contributed by atoms with Gasteiger partial charge in [-0.3, -0.25) is 0 Å². The second kappa shape index (κ2) is 6.68. The summed E-state index contributed by atoms with van der Waals surface area (Å²) < 4.78 is 3.88. The fraction of sp³-hybridized carbons (Fsp3) is 0. The van der Waals surface area contributed by atoms with E-state index in [2.05, 4.69) is 24.9 Å². The summed E-state index contributed by atoms with van der Waals surface area (Å²) in [5, 5.41) is 10.3. The molecule has 2 aromatic heterocycles. The molecule has 0 aliphatic carbocycles. The summed E-state index contributed by atoms with van der Waals surface area (Å²) in [6.07, 6.45) is 1.57. The van der Waals surface area contributed by atoms with Crippen molar-refractivity contribution < 1.29 is 0 Å². The van der Waals surface area contributed by atoms with Crippen LogP contribution in [0.3, 0.4) is 0 Å². The van der Waals surface area contributed by atoms with Gasteiger partial charge in [0.05, 0.1) is 5.52 Å². The zero-order valence-electron chi connectivity index (χ0n) is 11.9. The van der Waals surface area contributed by atoms with Crippen LogP contribution in [0, 0.1) is 0 Å². The highest BCUT2D eigenvalue weighted by Crippen LogP contribution is 2.25. The summed E-state index contributed by atoms with van der Waals surface area (Å²) in [7, 11) is 0. The number of fused-ring (bicyclic) bond motifs is 1. The molecule has 0 saturated carbocycles. The van der Waals surface area contributed by atoms with Crippen molar-refractivity contribution in [2.24, 2.45) is 0 Å². The molecule has 0 aliphatic heterocycles. The van der Waals surface area contributed by atoms with E-state index in [1.54, 1.807) is 6.33 Å². The summed E-state index contributed by atoms with van der Waals surface area (Å²) >= 11 is 1.35. The van der Waals surface area contributed by atoms with Gasteiger partial charge in [0.2, 0.25) is 0 Å². The topological polar surface area (TPSA) is 63.6 Å². The van der Waals surface area contributed by atoms with E-state index >= 15 is 0 Å². The van der Waals surface area contributed by atoms with Gasteiger partial charge in [-0.1, -0.05) is 28.8 Å². The minimum Gasteiger partial charge on any atom is -0.340 e. The van der Waals surface area contributed by atoms with Crippen molar-refractivity contribution in [2.45, 2.75) is 0 Å².